The second-order valence-electron chi connectivity index (χ2n) is 9.01. The van der Waals surface area contributed by atoms with Gasteiger partial charge >= 0.3 is 12.1 Å². The third-order valence-corrected chi connectivity index (χ3v) is 5.04. The molecule has 1 aromatic rings. The molecule has 2 heterocycles. The van der Waals surface area contributed by atoms with Gasteiger partial charge in [-0.05, 0) is 27.2 Å². The number of hydrogen-bond donors (Lipinski definition) is 2. The number of carbonyl (C=O) groups excluding carboxylic acids is 2. The van der Waals surface area contributed by atoms with Crippen molar-refractivity contribution in [2.75, 3.05) is 19.8 Å². The molecule has 2 aliphatic rings. The molecule has 0 saturated carbocycles. The largest absolute Gasteiger partial charge is 0.457 e. The lowest BCUT2D eigenvalue weighted by atomic mass is 9.96. The smallest absolute Gasteiger partial charge is 0.407 e. The van der Waals surface area contributed by atoms with Gasteiger partial charge in [-0.15, -0.1) is 0 Å². The van der Waals surface area contributed by atoms with E-state index in [-0.39, 0.29) is 13.2 Å². The number of amides is 1. The summed E-state index contributed by atoms with van der Waals surface area (Å²) in [5.74, 6) is -0.473. The Labute approximate surface area is 194 Å². The summed E-state index contributed by atoms with van der Waals surface area (Å²) in [6.07, 6.45) is -4.09. The first kappa shape index (κ1) is 25.4. The third kappa shape index (κ3) is 7.38. The van der Waals surface area contributed by atoms with Gasteiger partial charge in [0, 0.05) is 25.6 Å². The fraction of sp³-hybridized carbons (Fsp3) is 0.652. The van der Waals surface area contributed by atoms with Crippen LogP contribution in [0.3, 0.4) is 0 Å². The summed E-state index contributed by atoms with van der Waals surface area (Å²) in [5, 5.41) is 2.67. The van der Waals surface area contributed by atoms with E-state index in [9.17, 15) is 9.59 Å². The second-order valence-corrected chi connectivity index (χ2v) is 9.01. The summed E-state index contributed by atoms with van der Waals surface area (Å²) >= 11 is 0. The molecule has 0 aromatic heterocycles. The molecule has 1 amide bonds. The maximum absolute atomic E-state index is 11.8. The molecule has 4 unspecified atom stereocenters. The van der Waals surface area contributed by atoms with Gasteiger partial charge in [-0.2, -0.15) is 0 Å². The molecular formula is C23H34N2O8. The quantitative estimate of drug-likeness (QED) is 0.458. The zero-order valence-electron chi connectivity index (χ0n) is 19.5. The number of esters is 1. The van der Waals surface area contributed by atoms with Crippen molar-refractivity contribution in [3.05, 3.63) is 35.9 Å². The predicted molar refractivity (Wildman–Crippen MR) is 117 cm³/mol. The Balaban J connectivity index is 1.58. The fourth-order valence-corrected chi connectivity index (χ4v) is 3.70. The lowest BCUT2D eigenvalue weighted by Crippen LogP contribution is -2.65. The second kappa shape index (κ2) is 11.3. The standard InChI is InChI=1S/C23H34N2O8/c1-14(26)30-18-17-16(13-29-21(32-17)15-9-6-5-7-10-15)31-20(24)19(18)28-12-8-11-25-22(27)33-23(2,3)4/h5-7,9-10,16-21H,8,11-13,24H2,1-4H3,(H,25,27)/t16?,17-,18?,19?,20+,21?/m0/s1. The molecule has 10 heteroatoms. The summed E-state index contributed by atoms with van der Waals surface area (Å²) in [6, 6.07) is 9.48. The number of nitrogens with one attached hydrogen (secondary N) is 1. The molecule has 6 atom stereocenters. The Morgan fingerprint density at radius 1 is 1.15 bits per heavy atom. The van der Waals surface area contributed by atoms with Crippen LogP contribution in [0.4, 0.5) is 4.79 Å². The van der Waals surface area contributed by atoms with Crippen LogP contribution in [0.2, 0.25) is 0 Å². The van der Waals surface area contributed by atoms with E-state index >= 15 is 0 Å². The minimum absolute atomic E-state index is 0.238. The van der Waals surface area contributed by atoms with E-state index in [2.05, 4.69) is 5.32 Å². The average molecular weight is 467 g/mol. The number of benzene rings is 1. The first-order valence-electron chi connectivity index (χ1n) is 11.1. The SMILES string of the molecule is CC(=O)OC1C(OCCCNC(=O)OC(C)(C)C)[C@H](N)OC2COC(c3ccccc3)O[C@@H]21. The number of rotatable bonds is 7. The van der Waals surface area contributed by atoms with Crippen LogP contribution in [0.5, 0.6) is 0 Å². The highest BCUT2D eigenvalue weighted by atomic mass is 16.7. The highest BCUT2D eigenvalue weighted by Gasteiger charge is 2.51. The molecule has 184 valence electrons. The summed E-state index contributed by atoms with van der Waals surface area (Å²) in [7, 11) is 0. The van der Waals surface area contributed by atoms with Crippen molar-refractivity contribution in [3.8, 4) is 0 Å². The molecule has 2 fully saturated rings. The first-order chi connectivity index (χ1) is 15.6. The van der Waals surface area contributed by atoms with E-state index in [1.807, 2.05) is 30.3 Å². The molecule has 0 bridgehead atoms. The monoisotopic (exact) mass is 466 g/mol. The number of ether oxygens (including phenoxy) is 6. The van der Waals surface area contributed by atoms with E-state index in [0.717, 1.165) is 5.56 Å². The van der Waals surface area contributed by atoms with Crippen LogP contribution in [0.15, 0.2) is 30.3 Å². The molecule has 0 radical (unpaired) electrons. The molecule has 3 rings (SSSR count). The van der Waals surface area contributed by atoms with Crippen molar-refractivity contribution < 1.29 is 38.0 Å². The predicted octanol–water partition coefficient (Wildman–Crippen LogP) is 2.02. The highest BCUT2D eigenvalue weighted by molar-refractivity contribution is 5.67. The van der Waals surface area contributed by atoms with E-state index in [4.69, 9.17) is 34.2 Å². The lowest BCUT2D eigenvalue weighted by molar-refractivity contribution is -0.332. The zero-order valence-corrected chi connectivity index (χ0v) is 19.5. The van der Waals surface area contributed by atoms with Gasteiger partial charge in [0.15, 0.2) is 12.4 Å². The van der Waals surface area contributed by atoms with E-state index < -0.39 is 54.6 Å². The minimum atomic E-state index is -0.838. The molecule has 2 saturated heterocycles. The van der Waals surface area contributed by atoms with Crippen LogP contribution in [0.25, 0.3) is 0 Å². The highest BCUT2D eigenvalue weighted by Crippen LogP contribution is 2.35. The topological polar surface area (TPSA) is 128 Å². The maximum Gasteiger partial charge on any atom is 0.407 e. The van der Waals surface area contributed by atoms with Crippen molar-refractivity contribution in [1.29, 1.82) is 0 Å². The third-order valence-electron chi connectivity index (χ3n) is 5.04. The molecule has 0 aliphatic carbocycles. The van der Waals surface area contributed by atoms with Crippen LogP contribution in [-0.2, 0) is 33.2 Å². The fourth-order valence-electron chi connectivity index (χ4n) is 3.70. The Morgan fingerprint density at radius 2 is 1.88 bits per heavy atom. The summed E-state index contributed by atoms with van der Waals surface area (Å²) in [5.41, 5.74) is 6.47. The van der Waals surface area contributed by atoms with E-state index in [1.165, 1.54) is 6.92 Å². The molecule has 33 heavy (non-hydrogen) atoms. The zero-order chi connectivity index (χ0) is 24.0. The first-order valence-corrected chi connectivity index (χ1v) is 11.1. The Bertz CT molecular complexity index is 784. The number of carbonyl (C=O) groups is 2. The van der Waals surface area contributed by atoms with E-state index in [0.29, 0.717) is 13.0 Å². The van der Waals surface area contributed by atoms with Crippen LogP contribution in [0.1, 0.15) is 46.0 Å². The van der Waals surface area contributed by atoms with Crippen LogP contribution < -0.4 is 11.1 Å². The Morgan fingerprint density at radius 3 is 2.55 bits per heavy atom. The van der Waals surface area contributed by atoms with Gasteiger partial charge in [-0.3, -0.25) is 4.79 Å². The van der Waals surface area contributed by atoms with Gasteiger partial charge in [-0.25, -0.2) is 4.79 Å². The van der Waals surface area contributed by atoms with Gasteiger partial charge < -0.3 is 39.5 Å². The van der Waals surface area contributed by atoms with Crippen LogP contribution in [0, 0.1) is 0 Å². The van der Waals surface area contributed by atoms with Crippen molar-refractivity contribution >= 4 is 12.1 Å². The molecular weight excluding hydrogens is 432 g/mol. The van der Waals surface area contributed by atoms with Crippen molar-refractivity contribution in [3.63, 3.8) is 0 Å². The number of fused-ring (bicyclic) bond motifs is 1. The van der Waals surface area contributed by atoms with Crippen molar-refractivity contribution in [2.24, 2.45) is 5.73 Å². The van der Waals surface area contributed by atoms with Crippen molar-refractivity contribution in [1.82, 2.24) is 5.32 Å². The van der Waals surface area contributed by atoms with Gasteiger partial charge in [0.05, 0.1) is 6.61 Å². The summed E-state index contributed by atoms with van der Waals surface area (Å²) < 4.78 is 34.5. The molecule has 0 spiro atoms. The maximum atomic E-state index is 11.8. The molecule has 1 aromatic carbocycles. The Hall–Kier alpha value is -2.24. The summed E-state index contributed by atoms with van der Waals surface area (Å²) in [4.78, 5) is 23.6. The Kier molecular flexibility index (Phi) is 8.66. The van der Waals surface area contributed by atoms with Gasteiger partial charge in [0.25, 0.3) is 0 Å². The van der Waals surface area contributed by atoms with Crippen molar-refractivity contribution in [2.45, 2.75) is 76.7 Å². The molecule has 2 aliphatic heterocycles. The number of alkyl carbamates (subject to hydrolysis) is 1. The summed E-state index contributed by atoms with van der Waals surface area (Å²) in [6.45, 7) is 7.55. The van der Waals surface area contributed by atoms with Crippen LogP contribution >= 0.6 is 0 Å². The van der Waals surface area contributed by atoms with Gasteiger partial charge in [0.2, 0.25) is 0 Å². The van der Waals surface area contributed by atoms with Gasteiger partial charge in [-0.1, -0.05) is 30.3 Å². The lowest BCUT2D eigenvalue weighted by Gasteiger charge is -2.47. The molecule has 10 nitrogen and oxygen atoms in total. The molecule has 3 N–H and O–H groups in total. The van der Waals surface area contributed by atoms with E-state index in [1.54, 1.807) is 20.8 Å². The van der Waals surface area contributed by atoms with Crippen LogP contribution in [-0.4, -0.2) is 68.1 Å². The number of hydrogen-bond acceptors (Lipinski definition) is 9. The van der Waals surface area contributed by atoms with Gasteiger partial charge in [0.1, 0.15) is 30.1 Å². The normalized spacial score (nSPS) is 29.6. The minimum Gasteiger partial charge on any atom is -0.457 e. The number of nitrogens with two attached hydrogens (primary N) is 1. The average Bonchev–Trinajstić information content (AvgIpc) is 2.74.